The first-order valence-electron chi connectivity index (χ1n) is 11.2. The molecule has 1 N–H and O–H groups in total. The van der Waals surface area contributed by atoms with Gasteiger partial charge in [0.25, 0.3) is 5.91 Å². The molecule has 5 nitrogen and oxygen atoms in total. The Morgan fingerprint density at radius 1 is 1.12 bits per heavy atom. The maximum atomic E-state index is 13.4. The van der Waals surface area contributed by atoms with Crippen LogP contribution in [0.25, 0.3) is 0 Å². The van der Waals surface area contributed by atoms with Gasteiger partial charge in [0.15, 0.2) is 6.61 Å². The highest BCUT2D eigenvalue weighted by Crippen LogP contribution is 2.29. The van der Waals surface area contributed by atoms with Gasteiger partial charge in [0.05, 0.1) is 4.47 Å². The van der Waals surface area contributed by atoms with E-state index in [1.165, 1.54) is 17.0 Å². The molecule has 7 heteroatoms. The fourth-order valence-corrected chi connectivity index (χ4v) is 3.89. The summed E-state index contributed by atoms with van der Waals surface area (Å²) in [4.78, 5) is 27.8. The SMILES string of the molecule is CC[C@@H](C(=O)NC(C)(C)C)N(Cc1ccc(F)cc1)C(=O)COc1ccc(C(C)C)cc1Br. The van der Waals surface area contributed by atoms with E-state index in [9.17, 15) is 14.0 Å². The van der Waals surface area contributed by atoms with E-state index >= 15 is 0 Å². The first kappa shape index (κ1) is 26.8. The van der Waals surface area contributed by atoms with E-state index in [1.807, 2.05) is 45.9 Å². The van der Waals surface area contributed by atoms with E-state index in [1.54, 1.807) is 12.1 Å². The number of hydrogen-bond donors (Lipinski definition) is 1. The van der Waals surface area contributed by atoms with Gasteiger partial charge in [-0.1, -0.05) is 39.0 Å². The number of benzene rings is 2. The van der Waals surface area contributed by atoms with Crippen molar-refractivity contribution in [1.29, 1.82) is 0 Å². The molecule has 0 aromatic heterocycles. The maximum Gasteiger partial charge on any atom is 0.261 e. The minimum Gasteiger partial charge on any atom is -0.483 e. The number of hydrogen-bond acceptors (Lipinski definition) is 3. The van der Waals surface area contributed by atoms with Crippen molar-refractivity contribution in [3.63, 3.8) is 0 Å². The summed E-state index contributed by atoms with van der Waals surface area (Å²) >= 11 is 3.51. The molecular weight excluding hydrogens is 487 g/mol. The quantitative estimate of drug-likeness (QED) is 0.453. The minimum atomic E-state index is -0.683. The normalized spacial score (nSPS) is 12.4. The van der Waals surface area contributed by atoms with Gasteiger partial charge in [-0.25, -0.2) is 4.39 Å². The Morgan fingerprint density at radius 3 is 2.27 bits per heavy atom. The Morgan fingerprint density at radius 2 is 1.76 bits per heavy atom. The highest BCUT2D eigenvalue weighted by molar-refractivity contribution is 9.10. The Kier molecular flexibility index (Phi) is 9.46. The molecule has 0 unspecified atom stereocenters. The van der Waals surface area contributed by atoms with Crippen LogP contribution in [-0.2, 0) is 16.1 Å². The summed E-state index contributed by atoms with van der Waals surface area (Å²) in [6.07, 6.45) is 0.432. The van der Waals surface area contributed by atoms with Crippen LogP contribution in [0.1, 0.15) is 65.0 Å². The van der Waals surface area contributed by atoms with Crippen LogP contribution in [0, 0.1) is 5.82 Å². The predicted molar refractivity (Wildman–Crippen MR) is 133 cm³/mol. The Bertz CT molecular complexity index is 955. The first-order valence-corrected chi connectivity index (χ1v) is 12.0. The highest BCUT2D eigenvalue weighted by Gasteiger charge is 2.31. The van der Waals surface area contributed by atoms with Gasteiger partial charge in [-0.05, 0) is 84.4 Å². The second kappa shape index (κ2) is 11.6. The monoisotopic (exact) mass is 520 g/mol. The standard InChI is InChI=1S/C26H34BrFN2O3/c1-7-22(25(32)29-26(4,5)6)30(15-18-8-11-20(28)12-9-18)24(31)16-33-23-13-10-19(17(2)3)14-21(23)27/h8-14,17,22H,7,15-16H2,1-6H3,(H,29,32)/t22-/m0/s1. The summed E-state index contributed by atoms with van der Waals surface area (Å²) in [5.74, 6) is 0.0154. The van der Waals surface area contributed by atoms with Crippen LogP contribution in [0.4, 0.5) is 4.39 Å². The lowest BCUT2D eigenvalue weighted by atomic mass is 10.0. The van der Waals surface area contributed by atoms with Gasteiger partial charge < -0.3 is 15.0 Å². The zero-order chi connectivity index (χ0) is 24.8. The number of halogens is 2. The number of ether oxygens (including phenoxy) is 1. The Hall–Kier alpha value is -2.41. The van der Waals surface area contributed by atoms with E-state index in [0.717, 1.165) is 15.6 Å². The summed E-state index contributed by atoms with van der Waals surface area (Å²) < 4.78 is 20.0. The average Bonchev–Trinajstić information content (AvgIpc) is 2.72. The molecular formula is C26H34BrFN2O3. The second-order valence-corrected chi connectivity index (χ2v) is 10.3. The first-order chi connectivity index (χ1) is 15.4. The van der Waals surface area contributed by atoms with E-state index in [2.05, 4.69) is 35.1 Å². The molecule has 0 fully saturated rings. The van der Waals surface area contributed by atoms with E-state index in [0.29, 0.717) is 18.1 Å². The summed E-state index contributed by atoms with van der Waals surface area (Å²) in [5, 5.41) is 2.96. The van der Waals surface area contributed by atoms with Gasteiger partial charge >= 0.3 is 0 Å². The molecule has 33 heavy (non-hydrogen) atoms. The third-order valence-electron chi connectivity index (χ3n) is 5.12. The lowest BCUT2D eigenvalue weighted by Crippen LogP contribution is -2.54. The molecule has 2 aromatic carbocycles. The number of nitrogens with zero attached hydrogens (tertiary/aromatic N) is 1. The molecule has 1 atom stereocenters. The maximum absolute atomic E-state index is 13.4. The Balaban J connectivity index is 2.24. The molecule has 0 radical (unpaired) electrons. The zero-order valence-electron chi connectivity index (χ0n) is 20.2. The number of carbonyl (C=O) groups excluding carboxylic acids is 2. The molecule has 2 rings (SSSR count). The lowest BCUT2D eigenvalue weighted by molar-refractivity contribution is -0.143. The summed E-state index contributed by atoms with van der Waals surface area (Å²) in [6.45, 7) is 11.7. The molecule has 0 aliphatic carbocycles. The van der Waals surface area contributed by atoms with Gasteiger partial charge in [-0.3, -0.25) is 9.59 Å². The third kappa shape index (κ3) is 8.14. The third-order valence-corrected chi connectivity index (χ3v) is 5.74. The van der Waals surface area contributed by atoms with Crippen molar-refractivity contribution in [3.05, 3.63) is 63.9 Å². The largest absolute Gasteiger partial charge is 0.483 e. The van der Waals surface area contributed by atoms with E-state index in [-0.39, 0.29) is 30.8 Å². The van der Waals surface area contributed by atoms with Crippen molar-refractivity contribution >= 4 is 27.7 Å². The molecule has 0 spiro atoms. The van der Waals surface area contributed by atoms with Crippen LogP contribution < -0.4 is 10.1 Å². The topological polar surface area (TPSA) is 58.6 Å². The van der Waals surface area contributed by atoms with Crippen molar-refractivity contribution in [1.82, 2.24) is 10.2 Å². The summed E-state index contributed by atoms with van der Waals surface area (Å²) in [5.41, 5.74) is 1.45. The van der Waals surface area contributed by atoms with Crippen LogP contribution in [-0.4, -0.2) is 34.9 Å². The van der Waals surface area contributed by atoms with Crippen molar-refractivity contribution < 1.29 is 18.7 Å². The van der Waals surface area contributed by atoms with Crippen LogP contribution in [0.5, 0.6) is 5.75 Å². The molecule has 0 aliphatic rings. The molecule has 0 saturated heterocycles. The molecule has 0 saturated carbocycles. The molecule has 180 valence electrons. The van der Waals surface area contributed by atoms with Gasteiger partial charge in [-0.2, -0.15) is 0 Å². The number of rotatable bonds is 9. The average molecular weight is 521 g/mol. The molecule has 2 amide bonds. The smallest absolute Gasteiger partial charge is 0.261 e. The molecule has 0 heterocycles. The second-order valence-electron chi connectivity index (χ2n) is 9.44. The zero-order valence-corrected chi connectivity index (χ0v) is 21.8. The van der Waals surface area contributed by atoms with E-state index in [4.69, 9.17) is 4.74 Å². The van der Waals surface area contributed by atoms with Gasteiger partial charge in [0.2, 0.25) is 5.91 Å². The predicted octanol–water partition coefficient (Wildman–Crippen LogP) is 5.81. The van der Waals surface area contributed by atoms with Gasteiger partial charge in [0, 0.05) is 12.1 Å². The molecule has 0 bridgehead atoms. The van der Waals surface area contributed by atoms with Crippen molar-refractivity contribution in [3.8, 4) is 5.75 Å². The number of nitrogens with one attached hydrogen (secondary N) is 1. The van der Waals surface area contributed by atoms with Crippen LogP contribution >= 0.6 is 15.9 Å². The fourth-order valence-electron chi connectivity index (χ4n) is 3.37. The van der Waals surface area contributed by atoms with Gasteiger partial charge in [-0.15, -0.1) is 0 Å². The molecule has 2 aromatic rings. The number of carbonyl (C=O) groups is 2. The molecule has 0 aliphatic heterocycles. The van der Waals surface area contributed by atoms with Crippen molar-refractivity contribution in [2.24, 2.45) is 0 Å². The minimum absolute atomic E-state index is 0.173. The summed E-state index contributed by atoms with van der Waals surface area (Å²) in [6, 6.07) is 11.0. The lowest BCUT2D eigenvalue weighted by Gasteiger charge is -2.33. The van der Waals surface area contributed by atoms with Gasteiger partial charge in [0.1, 0.15) is 17.6 Å². The van der Waals surface area contributed by atoms with E-state index < -0.39 is 11.6 Å². The van der Waals surface area contributed by atoms with Crippen molar-refractivity contribution in [2.75, 3.05) is 6.61 Å². The van der Waals surface area contributed by atoms with Crippen LogP contribution in [0.15, 0.2) is 46.9 Å². The van der Waals surface area contributed by atoms with Crippen molar-refractivity contribution in [2.45, 2.75) is 72.0 Å². The summed E-state index contributed by atoms with van der Waals surface area (Å²) in [7, 11) is 0. The van der Waals surface area contributed by atoms with Crippen LogP contribution in [0.3, 0.4) is 0 Å². The highest BCUT2D eigenvalue weighted by atomic mass is 79.9. The Labute approximate surface area is 204 Å². The fraction of sp³-hybridized carbons (Fsp3) is 0.462. The van der Waals surface area contributed by atoms with Crippen LogP contribution in [0.2, 0.25) is 0 Å². The number of amides is 2.